The van der Waals surface area contributed by atoms with Crippen LogP contribution >= 0.6 is 11.6 Å². The molecule has 0 aromatic carbocycles. The van der Waals surface area contributed by atoms with Crippen LogP contribution in [-0.4, -0.2) is 53.1 Å². The first-order valence-electron chi connectivity index (χ1n) is 6.58. The van der Waals surface area contributed by atoms with Gasteiger partial charge in [-0.3, -0.25) is 0 Å². The van der Waals surface area contributed by atoms with Gasteiger partial charge in [0.15, 0.2) is 0 Å². The molecule has 1 aromatic heterocycles. The lowest BCUT2D eigenvalue weighted by atomic mass is 10.2. The Bertz CT molecular complexity index is 384. The molecule has 7 heteroatoms. The Kier molecular flexibility index (Phi) is 6.80. The zero-order chi connectivity index (χ0) is 14.3. The molecule has 19 heavy (non-hydrogen) atoms. The van der Waals surface area contributed by atoms with Crippen LogP contribution in [0.25, 0.3) is 0 Å². The maximum Gasteiger partial charge on any atom is 0.229 e. The highest BCUT2D eigenvalue weighted by Crippen LogP contribution is 2.11. The minimum absolute atomic E-state index is 0.205. The predicted molar refractivity (Wildman–Crippen MR) is 79.9 cm³/mol. The predicted octanol–water partition coefficient (Wildman–Crippen LogP) is 2.10. The van der Waals surface area contributed by atoms with Crippen molar-refractivity contribution < 1.29 is 0 Å². The van der Waals surface area contributed by atoms with E-state index in [0.29, 0.717) is 11.9 Å². The number of aromatic nitrogens is 3. The van der Waals surface area contributed by atoms with Gasteiger partial charge in [0.05, 0.1) is 0 Å². The van der Waals surface area contributed by atoms with Gasteiger partial charge in [0.1, 0.15) is 0 Å². The van der Waals surface area contributed by atoms with Crippen LogP contribution in [0.1, 0.15) is 26.7 Å². The number of hydrogen-bond donors (Lipinski definition) is 2. The van der Waals surface area contributed by atoms with E-state index >= 15 is 0 Å². The second-order valence-corrected chi connectivity index (χ2v) is 5.15. The van der Waals surface area contributed by atoms with Crippen LogP contribution in [0.3, 0.4) is 0 Å². The molecule has 0 spiro atoms. The van der Waals surface area contributed by atoms with E-state index in [1.807, 2.05) is 0 Å². The Labute approximate surface area is 120 Å². The van der Waals surface area contributed by atoms with Gasteiger partial charge in [0.2, 0.25) is 17.2 Å². The molecule has 0 aliphatic carbocycles. The van der Waals surface area contributed by atoms with Gasteiger partial charge in [-0.15, -0.1) is 0 Å². The molecule has 0 fully saturated rings. The first-order chi connectivity index (χ1) is 9.01. The van der Waals surface area contributed by atoms with E-state index in [9.17, 15) is 0 Å². The largest absolute Gasteiger partial charge is 0.354 e. The summed E-state index contributed by atoms with van der Waals surface area (Å²) in [5, 5.41) is 6.55. The van der Waals surface area contributed by atoms with Crippen molar-refractivity contribution in [2.75, 3.05) is 37.8 Å². The van der Waals surface area contributed by atoms with Crippen LogP contribution in [0, 0.1) is 0 Å². The molecule has 108 valence electrons. The topological polar surface area (TPSA) is 66.0 Å². The molecule has 1 atom stereocenters. The second-order valence-electron chi connectivity index (χ2n) is 4.82. The van der Waals surface area contributed by atoms with Crippen LogP contribution in [0.15, 0.2) is 0 Å². The summed E-state index contributed by atoms with van der Waals surface area (Å²) in [6, 6.07) is 0.278. The summed E-state index contributed by atoms with van der Waals surface area (Å²) in [4.78, 5) is 14.6. The monoisotopic (exact) mass is 286 g/mol. The quantitative estimate of drug-likeness (QED) is 0.763. The standard InChI is InChI=1S/C12H23ClN6/c1-5-7-14-11-16-10(13)17-12(18-11)15-9(2)6-8-19(3)4/h9H,5-8H2,1-4H3,(H2,14,15,16,17,18). The van der Waals surface area contributed by atoms with E-state index in [0.717, 1.165) is 25.9 Å². The zero-order valence-electron chi connectivity index (χ0n) is 12.1. The van der Waals surface area contributed by atoms with E-state index in [-0.39, 0.29) is 11.3 Å². The fourth-order valence-corrected chi connectivity index (χ4v) is 1.64. The van der Waals surface area contributed by atoms with Crippen LogP contribution in [-0.2, 0) is 0 Å². The van der Waals surface area contributed by atoms with Crippen LogP contribution < -0.4 is 10.6 Å². The first kappa shape index (κ1) is 15.9. The van der Waals surface area contributed by atoms with Crippen molar-refractivity contribution in [3.05, 3.63) is 5.28 Å². The van der Waals surface area contributed by atoms with Gasteiger partial charge in [-0.1, -0.05) is 6.92 Å². The lowest BCUT2D eigenvalue weighted by Gasteiger charge is -2.17. The Morgan fingerprint density at radius 3 is 2.53 bits per heavy atom. The number of nitrogens with zero attached hydrogens (tertiary/aromatic N) is 4. The van der Waals surface area contributed by atoms with Crippen molar-refractivity contribution >= 4 is 23.5 Å². The van der Waals surface area contributed by atoms with Crippen molar-refractivity contribution in [2.45, 2.75) is 32.7 Å². The highest BCUT2D eigenvalue weighted by Gasteiger charge is 2.08. The van der Waals surface area contributed by atoms with Gasteiger partial charge in [-0.25, -0.2) is 0 Å². The summed E-state index contributed by atoms with van der Waals surface area (Å²) in [6.45, 7) is 6.00. The van der Waals surface area contributed by atoms with Crippen LogP contribution in [0.2, 0.25) is 5.28 Å². The van der Waals surface area contributed by atoms with Crippen molar-refractivity contribution in [3.8, 4) is 0 Å². The second kappa shape index (κ2) is 8.12. The molecule has 0 bridgehead atoms. The molecule has 1 rings (SSSR count). The normalized spacial score (nSPS) is 12.5. The van der Waals surface area contributed by atoms with E-state index in [2.05, 4.69) is 58.4 Å². The zero-order valence-corrected chi connectivity index (χ0v) is 12.8. The van der Waals surface area contributed by atoms with Crippen molar-refractivity contribution in [1.29, 1.82) is 0 Å². The number of halogens is 1. The molecule has 0 aliphatic heterocycles. The maximum absolute atomic E-state index is 5.89. The lowest BCUT2D eigenvalue weighted by Crippen LogP contribution is -2.24. The highest BCUT2D eigenvalue weighted by atomic mass is 35.5. The van der Waals surface area contributed by atoms with E-state index < -0.39 is 0 Å². The smallest absolute Gasteiger partial charge is 0.229 e. The Morgan fingerprint density at radius 1 is 1.21 bits per heavy atom. The van der Waals surface area contributed by atoms with Gasteiger partial charge in [-0.05, 0) is 52.0 Å². The van der Waals surface area contributed by atoms with Gasteiger partial charge in [-0.2, -0.15) is 15.0 Å². The van der Waals surface area contributed by atoms with Gasteiger partial charge >= 0.3 is 0 Å². The molecule has 6 nitrogen and oxygen atoms in total. The van der Waals surface area contributed by atoms with Crippen LogP contribution in [0.4, 0.5) is 11.9 Å². The molecule has 0 amide bonds. The van der Waals surface area contributed by atoms with Gasteiger partial charge in [0.25, 0.3) is 0 Å². The number of hydrogen-bond acceptors (Lipinski definition) is 6. The molecule has 1 aromatic rings. The average Bonchev–Trinajstić information content (AvgIpc) is 2.33. The van der Waals surface area contributed by atoms with Crippen molar-refractivity contribution in [3.63, 3.8) is 0 Å². The van der Waals surface area contributed by atoms with Crippen LogP contribution in [0.5, 0.6) is 0 Å². The Hall–Kier alpha value is -1.14. The summed E-state index contributed by atoms with van der Waals surface area (Å²) in [7, 11) is 4.11. The SMILES string of the molecule is CCCNc1nc(Cl)nc(NC(C)CCN(C)C)n1. The summed E-state index contributed by atoms with van der Waals surface area (Å²) in [5.41, 5.74) is 0. The van der Waals surface area contributed by atoms with E-state index in [1.54, 1.807) is 0 Å². The molecule has 0 saturated carbocycles. The van der Waals surface area contributed by atoms with E-state index in [4.69, 9.17) is 11.6 Å². The van der Waals surface area contributed by atoms with Crippen molar-refractivity contribution in [2.24, 2.45) is 0 Å². The van der Waals surface area contributed by atoms with Crippen molar-refractivity contribution in [1.82, 2.24) is 19.9 Å². The maximum atomic E-state index is 5.89. The summed E-state index contributed by atoms with van der Waals surface area (Å²) >= 11 is 5.89. The fraction of sp³-hybridized carbons (Fsp3) is 0.750. The molecule has 0 aliphatic rings. The number of rotatable bonds is 8. The molecule has 1 heterocycles. The third-order valence-corrected chi connectivity index (χ3v) is 2.70. The molecule has 2 N–H and O–H groups in total. The highest BCUT2D eigenvalue weighted by molar-refractivity contribution is 6.28. The fourth-order valence-electron chi connectivity index (χ4n) is 1.47. The lowest BCUT2D eigenvalue weighted by molar-refractivity contribution is 0.390. The number of nitrogens with one attached hydrogen (secondary N) is 2. The summed E-state index contributed by atoms with van der Waals surface area (Å²) in [6.07, 6.45) is 2.01. The first-order valence-corrected chi connectivity index (χ1v) is 6.95. The summed E-state index contributed by atoms with van der Waals surface area (Å²) in [5.74, 6) is 1.04. The molecule has 1 unspecified atom stereocenters. The average molecular weight is 287 g/mol. The van der Waals surface area contributed by atoms with Gasteiger partial charge in [0, 0.05) is 12.6 Å². The third kappa shape index (κ3) is 6.54. The number of anilines is 2. The van der Waals surface area contributed by atoms with Gasteiger partial charge < -0.3 is 15.5 Å². The molecular formula is C12H23ClN6. The molecular weight excluding hydrogens is 264 g/mol. The Balaban J connectivity index is 2.59. The minimum Gasteiger partial charge on any atom is -0.354 e. The minimum atomic E-state index is 0.205. The summed E-state index contributed by atoms with van der Waals surface area (Å²) < 4.78 is 0. The van der Waals surface area contributed by atoms with E-state index in [1.165, 1.54) is 0 Å². The third-order valence-electron chi connectivity index (χ3n) is 2.53. The molecule has 0 radical (unpaired) electrons. The molecule has 0 saturated heterocycles. The Morgan fingerprint density at radius 2 is 1.89 bits per heavy atom.